The number of benzene rings is 1. The van der Waals surface area contributed by atoms with Crippen LogP contribution in [-0.2, 0) is 0 Å². The maximum absolute atomic E-state index is 12.5. The molecule has 0 spiro atoms. The van der Waals surface area contributed by atoms with Crippen molar-refractivity contribution in [2.45, 2.75) is 52.5 Å². The number of carbonyl (C=O) groups excluding carboxylic acids is 1. The Morgan fingerprint density at radius 2 is 1.76 bits per heavy atom. The number of hydrogen-bond acceptors (Lipinski definition) is 2. The molecular weight excluding hydrogens is 266 g/mol. The highest BCUT2D eigenvalue weighted by Gasteiger charge is 2.25. The molecule has 0 radical (unpaired) electrons. The molecular formula is C17H23NO3. The van der Waals surface area contributed by atoms with Crippen molar-refractivity contribution in [1.82, 2.24) is 5.32 Å². The summed E-state index contributed by atoms with van der Waals surface area (Å²) in [6, 6.07) is 3.71. The van der Waals surface area contributed by atoms with E-state index in [-0.39, 0.29) is 17.5 Å². The fourth-order valence-electron chi connectivity index (χ4n) is 3.20. The summed E-state index contributed by atoms with van der Waals surface area (Å²) in [4.78, 5) is 24.0. The Hall–Kier alpha value is -1.84. The lowest BCUT2D eigenvalue weighted by atomic mass is 9.86. The molecule has 0 heterocycles. The zero-order valence-electron chi connectivity index (χ0n) is 12.9. The molecule has 2 N–H and O–H groups in total. The molecule has 1 saturated carbocycles. The van der Waals surface area contributed by atoms with Crippen molar-refractivity contribution >= 4 is 11.9 Å². The monoisotopic (exact) mass is 289 g/mol. The number of carboxylic acids is 1. The molecule has 2 unspecified atom stereocenters. The smallest absolute Gasteiger partial charge is 0.336 e. The fraction of sp³-hybridized carbons (Fsp3) is 0.529. The zero-order chi connectivity index (χ0) is 15.6. The van der Waals surface area contributed by atoms with Crippen LogP contribution < -0.4 is 5.32 Å². The van der Waals surface area contributed by atoms with Crippen molar-refractivity contribution in [3.05, 3.63) is 34.4 Å². The molecule has 2 rings (SSSR count). The number of amides is 1. The van der Waals surface area contributed by atoms with Crippen LogP contribution in [0.3, 0.4) is 0 Å². The highest BCUT2D eigenvalue weighted by molar-refractivity contribution is 6.06. The summed E-state index contributed by atoms with van der Waals surface area (Å²) >= 11 is 0. The first-order valence-electron chi connectivity index (χ1n) is 7.54. The van der Waals surface area contributed by atoms with E-state index in [1.807, 2.05) is 0 Å². The highest BCUT2D eigenvalue weighted by atomic mass is 16.4. The molecule has 1 fully saturated rings. The van der Waals surface area contributed by atoms with Gasteiger partial charge in [-0.05, 0) is 43.7 Å². The van der Waals surface area contributed by atoms with E-state index in [0.717, 1.165) is 19.3 Å². The van der Waals surface area contributed by atoms with Crippen LogP contribution in [0.2, 0.25) is 0 Å². The van der Waals surface area contributed by atoms with E-state index in [2.05, 4.69) is 12.2 Å². The molecule has 0 aromatic heterocycles. The van der Waals surface area contributed by atoms with Gasteiger partial charge >= 0.3 is 5.97 Å². The van der Waals surface area contributed by atoms with E-state index < -0.39 is 5.97 Å². The summed E-state index contributed by atoms with van der Waals surface area (Å²) in [6.45, 7) is 5.70. The maximum Gasteiger partial charge on any atom is 0.336 e. The second-order valence-electron chi connectivity index (χ2n) is 6.20. The summed E-state index contributed by atoms with van der Waals surface area (Å²) in [5.74, 6) is -0.687. The molecule has 1 aromatic carbocycles. The number of rotatable bonds is 3. The normalized spacial score (nSPS) is 21.9. The zero-order valence-corrected chi connectivity index (χ0v) is 12.9. The van der Waals surface area contributed by atoms with Crippen molar-refractivity contribution in [3.8, 4) is 0 Å². The molecule has 1 aliphatic rings. The van der Waals surface area contributed by atoms with Gasteiger partial charge in [0.1, 0.15) is 0 Å². The van der Waals surface area contributed by atoms with Gasteiger partial charge in [-0.1, -0.05) is 31.9 Å². The minimum atomic E-state index is -1.04. The van der Waals surface area contributed by atoms with Gasteiger partial charge in [0.25, 0.3) is 5.91 Å². The summed E-state index contributed by atoms with van der Waals surface area (Å²) in [6.07, 6.45) is 4.27. The lowest BCUT2D eigenvalue weighted by Crippen LogP contribution is -2.39. The lowest BCUT2D eigenvalue weighted by molar-refractivity contribution is 0.0689. The third-order valence-electron chi connectivity index (χ3n) is 4.33. The van der Waals surface area contributed by atoms with Gasteiger partial charge < -0.3 is 10.4 Å². The minimum Gasteiger partial charge on any atom is -0.478 e. The number of carboxylic acid groups (broad SMARTS) is 1. The molecule has 2 atom stereocenters. The number of aryl methyl sites for hydroxylation is 2. The van der Waals surface area contributed by atoms with Crippen LogP contribution in [0.25, 0.3) is 0 Å². The van der Waals surface area contributed by atoms with E-state index >= 15 is 0 Å². The third-order valence-corrected chi connectivity index (χ3v) is 4.33. The van der Waals surface area contributed by atoms with E-state index in [1.54, 1.807) is 26.0 Å². The summed E-state index contributed by atoms with van der Waals surface area (Å²) in [5.41, 5.74) is 1.76. The van der Waals surface area contributed by atoms with Crippen LogP contribution >= 0.6 is 0 Å². The number of hydrogen-bond donors (Lipinski definition) is 2. The molecule has 1 amide bonds. The van der Waals surface area contributed by atoms with E-state index in [9.17, 15) is 14.7 Å². The first-order valence-corrected chi connectivity index (χ1v) is 7.54. The second kappa shape index (κ2) is 6.29. The fourth-order valence-corrected chi connectivity index (χ4v) is 3.20. The lowest BCUT2D eigenvalue weighted by Gasteiger charge is -2.28. The first kappa shape index (κ1) is 15.5. The molecule has 0 saturated heterocycles. The Morgan fingerprint density at radius 1 is 1.14 bits per heavy atom. The molecule has 21 heavy (non-hydrogen) atoms. The van der Waals surface area contributed by atoms with Crippen LogP contribution in [0.5, 0.6) is 0 Å². The van der Waals surface area contributed by atoms with Crippen molar-refractivity contribution in [2.75, 3.05) is 0 Å². The van der Waals surface area contributed by atoms with Gasteiger partial charge in [-0.15, -0.1) is 0 Å². The van der Waals surface area contributed by atoms with Crippen molar-refractivity contribution in [2.24, 2.45) is 5.92 Å². The number of carbonyl (C=O) groups is 2. The Labute approximate surface area is 125 Å². The topological polar surface area (TPSA) is 66.4 Å². The van der Waals surface area contributed by atoms with Gasteiger partial charge in [0.05, 0.1) is 11.1 Å². The predicted molar refractivity (Wildman–Crippen MR) is 81.8 cm³/mol. The van der Waals surface area contributed by atoms with Crippen LogP contribution in [0.4, 0.5) is 0 Å². The van der Waals surface area contributed by atoms with Crippen LogP contribution in [0, 0.1) is 19.8 Å². The van der Waals surface area contributed by atoms with E-state index in [0.29, 0.717) is 22.6 Å². The summed E-state index contributed by atoms with van der Waals surface area (Å²) < 4.78 is 0. The first-order chi connectivity index (χ1) is 9.90. The molecule has 0 aliphatic heterocycles. The second-order valence-corrected chi connectivity index (χ2v) is 6.20. The standard InChI is InChI=1S/C17H23NO3/c1-10-5-4-6-13(9-10)18-16(19)14-11(2)7-8-12(3)15(14)17(20)21/h7-8,10,13H,4-6,9H2,1-3H3,(H,18,19)(H,20,21). The number of aromatic carboxylic acids is 1. The molecule has 1 aromatic rings. The minimum absolute atomic E-state index is 0.122. The Balaban J connectivity index is 2.26. The largest absolute Gasteiger partial charge is 0.478 e. The van der Waals surface area contributed by atoms with E-state index in [1.165, 1.54) is 6.42 Å². The molecule has 114 valence electrons. The predicted octanol–water partition coefficient (Wildman–Crippen LogP) is 3.31. The van der Waals surface area contributed by atoms with Crippen molar-refractivity contribution in [3.63, 3.8) is 0 Å². The van der Waals surface area contributed by atoms with Gasteiger partial charge in [0, 0.05) is 6.04 Å². The van der Waals surface area contributed by atoms with Crippen molar-refractivity contribution < 1.29 is 14.7 Å². The molecule has 1 aliphatic carbocycles. The van der Waals surface area contributed by atoms with Crippen LogP contribution in [0.15, 0.2) is 12.1 Å². The molecule has 4 nitrogen and oxygen atoms in total. The quantitative estimate of drug-likeness (QED) is 0.897. The Morgan fingerprint density at radius 3 is 2.33 bits per heavy atom. The number of nitrogens with one attached hydrogen (secondary N) is 1. The third kappa shape index (κ3) is 3.43. The van der Waals surface area contributed by atoms with Gasteiger partial charge in [0.2, 0.25) is 0 Å². The molecule has 4 heteroatoms. The highest BCUT2D eigenvalue weighted by Crippen LogP contribution is 2.25. The summed E-state index contributed by atoms with van der Waals surface area (Å²) in [5, 5.41) is 12.4. The van der Waals surface area contributed by atoms with Gasteiger partial charge in [-0.25, -0.2) is 4.79 Å². The average molecular weight is 289 g/mol. The van der Waals surface area contributed by atoms with Gasteiger partial charge in [-0.2, -0.15) is 0 Å². The molecule has 0 bridgehead atoms. The van der Waals surface area contributed by atoms with Crippen LogP contribution in [0.1, 0.15) is 64.4 Å². The van der Waals surface area contributed by atoms with Crippen LogP contribution in [-0.4, -0.2) is 23.0 Å². The summed E-state index contributed by atoms with van der Waals surface area (Å²) in [7, 11) is 0. The Kier molecular flexibility index (Phi) is 4.66. The maximum atomic E-state index is 12.5. The Bertz CT molecular complexity index is 565. The van der Waals surface area contributed by atoms with E-state index in [4.69, 9.17) is 0 Å². The van der Waals surface area contributed by atoms with Gasteiger partial charge in [-0.3, -0.25) is 4.79 Å². The van der Waals surface area contributed by atoms with Gasteiger partial charge in [0.15, 0.2) is 0 Å². The SMILES string of the molecule is Cc1ccc(C)c(C(=O)NC2CCCC(C)C2)c1C(=O)O. The average Bonchev–Trinajstić information content (AvgIpc) is 2.40. The van der Waals surface area contributed by atoms with Crippen molar-refractivity contribution in [1.29, 1.82) is 0 Å².